The van der Waals surface area contributed by atoms with Crippen LogP contribution >= 0.6 is 35.0 Å². The van der Waals surface area contributed by atoms with E-state index in [0.29, 0.717) is 20.8 Å². The third kappa shape index (κ3) is 4.74. The van der Waals surface area contributed by atoms with Gasteiger partial charge in [0.15, 0.2) is 10.9 Å². The molecule has 0 saturated heterocycles. The van der Waals surface area contributed by atoms with Gasteiger partial charge in [0.1, 0.15) is 11.1 Å². The number of aromatic nitrogens is 2. The van der Waals surface area contributed by atoms with Crippen LogP contribution in [0.3, 0.4) is 0 Å². The number of halogens is 2. The van der Waals surface area contributed by atoms with Crippen molar-refractivity contribution in [2.24, 2.45) is 0 Å². The van der Waals surface area contributed by atoms with Crippen LogP contribution in [0.4, 0.5) is 0 Å². The number of carbonyl (C=O) groups excluding carboxylic acids is 1. The Bertz CT molecular complexity index is 1880. The first-order valence-electron chi connectivity index (χ1n) is 11.7. The molecule has 5 nitrogen and oxygen atoms in total. The van der Waals surface area contributed by atoms with Crippen LogP contribution in [0.15, 0.2) is 112 Å². The predicted molar refractivity (Wildman–Crippen MR) is 154 cm³/mol. The van der Waals surface area contributed by atoms with E-state index in [4.69, 9.17) is 32.6 Å². The van der Waals surface area contributed by atoms with E-state index < -0.39 is 5.63 Å². The van der Waals surface area contributed by atoms with E-state index in [1.807, 2.05) is 65.4 Å². The lowest BCUT2D eigenvalue weighted by molar-refractivity contribution is 0.101. The molecule has 0 aliphatic heterocycles. The second kappa shape index (κ2) is 10.1. The molecule has 0 spiro atoms. The summed E-state index contributed by atoms with van der Waals surface area (Å²) in [5, 5.41) is 4.49. The Morgan fingerprint density at radius 1 is 0.868 bits per heavy atom. The van der Waals surface area contributed by atoms with Gasteiger partial charge in [-0.15, -0.1) is 0 Å². The number of imidazole rings is 1. The van der Waals surface area contributed by atoms with Crippen molar-refractivity contribution in [1.82, 2.24) is 9.55 Å². The zero-order valence-electron chi connectivity index (χ0n) is 19.7. The monoisotopic (exact) mass is 556 g/mol. The molecule has 4 aromatic carbocycles. The van der Waals surface area contributed by atoms with Gasteiger partial charge in [-0.3, -0.25) is 9.36 Å². The van der Waals surface area contributed by atoms with Gasteiger partial charge < -0.3 is 4.42 Å². The van der Waals surface area contributed by atoms with Crippen LogP contribution < -0.4 is 5.63 Å². The van der Waals surface area contributed by atoms with Gasteiger partial charge in [-0.25, -0.2) is 9.78 Å². The molecule has 0 fully saturated rings. The normalized spacial score (nSPS) is 11.3. The standard InChI is InChI=1S/C30H18Cl2N2O3S/c31-20-8-5-19(6-9-20)26-16-34(22-12-10-21(32)11-13-22)30(33-26)38-17-27(35)25-15-24-23-4-2-1-3-18(23)7-14-28(24)37-29(25)36/h1-16H,17H2. The van der Waals surface area contributed by atoms with Crippen LogP contribution in [-0.2, 0) is 0 Å². The van der Waals surface area contributed by atoms with E-state index in [1.54, 1.807) is 36.4 Å². The van der Waals surface area contributed by atoms with Gasteiger partial charge in [0.05, 0.1) is 11.4 Å². The number of Topliss-reactive ketones (excluding diaryl/α,β-unsaturated/α-hetero) is 1. The minimum absolute atomic E-state index is 0.00565. The molecule has 0 radical (unpaired) electrons. The van der Waals surface area contributed by atoms with Crippen molar-refractivity contribution < 1.29 is 9.21 Å². The summed E-state index contributed by atoms with van der Waals surface area (Å²) in [7, 11) is 0. The van der Waals surface area contributed by atoms with E-state index in [9.17, 15) is 9.59 Å². The number of ketones is 1. The number of hydrogen-bond acceptors (Lipinski definition) is 5. The predicted octanol–water partition coefficient (Wildman–Crippen LogP) is 8.08. The molecule has 0 bridgehead atoms. The molecule has 0 N–H and O–H groups in total. The number of benzene rings is 4. The number of nitrogens with zero attached hydrogens (tertiary/aromatic N) is 2. The van der Waals surface area contributed by atoms with Gasteiger partial charge in [0.2, 0.25) is 0 Å². The van der Waals surface area contributed by atoms with Crippen molar-refractivity contribution in [1.29, 1.82) is 0 Å². The first-order valence-corrected chi connectivity index (χ1v) is 13.4. The molecule has 0 aliphatic carbocycles. The second-order valence-electron chi connectivity index (χ2n) is 8.62. The van der Waals surface area contributed by atoms with E-state index in [2.05, 4.69) is 0 Å². The molecular weight excluding hydrogens is 539 g/mol. The van der Waals surface area contributed by atoms with E-state index in [1.165, 1.54) is 11.8 Å². The molecule has 8 heteroatoms. The van der Waals surface area contributed by atoms with Crippen molar-refractivity contribution >= 4 is 62.5 Å². The first kappa shape index (κ1) is 24.5. The Morgan fingerprint density at radius 2 is 1.58 bits per heavy atom. The zero-order valence-corrected chi connectivity index (χ0v) is 22.1. The Hall–Kier alpha value is -3.84. The van der Waals surface area contributed by atoms with Gasteiger partial charge in [0.25, 0.3) is 0 Å². The van der Waals surface area contributed by atoms with Gasteiger partial charge in [-0.05, 0) is 59.3 Å². The summed E-state index contributed by atoms with van der Waals surface area (Å²) in [5.41, 5.74) is 2.27. The first-order chi connectivity index (χ1) is 18.5. The average molecular weight is 557 g/mol. The molecule has 6 rings (SSSR count). The Labute approximate surface area is 231 Å². The van der Waals surface area contributed by atoms with Crippen LogP contribution in [0.2, 0.25) is 10.0 Å². The fourth-order valence-corrected chi connectivity index (χ4v) is 5.41. The third-order valence-electron chi connectivity index (χ3n) is 6.19. The topological polar surface area (TPSA) is 65.1 Å². The lowest BCUT2D eigenvalue weighted by Gasteiger charge is -2.08. The highest BCUT2D eigenvalue weighted by molar-refractivity contribution is 7.99. The van der Waals surface area contributed by atoms with Crippen molar-refractivity contribution in [2.45, 2.75) is 5.16 Å². The van der Waals surface area contributed by atoms with Crippen LogP contribution in [-0.4, -0.2) is 21.1 Å². The molecule has 38 heavy (non-hydrogen) atoms. The van der Waals surface area contributed by atoms with E-state index >= 15 is 0 Å². The summed E-state index contributed by atoms with van der Waals surface area (Å²) in [6.07, 6.45) is 1.90. The Kier molecular flexibility index (Phi) is 6.54. The molecule has 0 atom stereocenters. The van der Waals surface area contributed by atoms with Crippen molar-refractivity contribution in [3.8, 4) is 16.9 Å². The van der Waals surface area contributed by atoms with Crippen LogP contribution in [0.5, 0.6) is 0 Å². The average Bonchev–Trinajstić information content (AvgIpc) is 3.36. The number of thioether (sulfide) groups is 1. The summed E-state index contributed by atoms with van der Waals surface area (Å²) in [5.74, 6) is -0.330. The maximum absolute atomic E-state index is 13.3. The third-order valence-corrected chi connectivity index (χ3v) is 7.65. The number of fused-ring (bicyclic) bond motifs is 3. The van der Waals surface area contributed by atoms with E-state index in [-0.39, 0.29) is 17.1 Å². The molecule has 2 heterocycles. The summed E-state index contributed by atoms with van der Waals surface area (Å²) >= 11 is 13.4. The largest absolute Gasteiger partial charge is 0.422 e. The lowest BCUT2D eigenvalue weighted by atomic mass is 10.0. The summed E-state index contributed by atoms with van der Waals surface area (Å²) in [6, 6.07) is 27.8. The minimum atomic E-state index is -0.652. The molecule has 186 valence electrons. The lowest BCUT2D eigenvalue weighted by Crippen LogP contribution is -2.16. The highest BCUT2D eigenvalue weighted by atomic mass is 35.5. The Balaban J connectivity index is 1.35. The van der Waals surface area contributed by atoms with Crippen molar-refractivity contribution in [2.75, 3.05) is 5.75 Å². The second-order valence-corrected chi connectivity index (χ2v) is 10.4. The highest BCUT2D eigenvalue weighted by Gasteiger charge is 2.18. The van der Waals surface area contributed by atoms with Gasteiger partial charge in [-0.2, -0.15) is 0 Å². The van der Waals surface area contributed by atoms with Crippen LogP contribution in [0.1, 0.15) is 10.4 Å². The SMILES string of the molecule is O=C(CSc1nc(-c2ccc(Cl)cc2)cn1-c1ccc(Cl)cc1)c1cc2c(ccc3ccccc32)oc1=O. The maximum Gasteiger partial charge on any atom is 0.347 e. The number of carbonyl (C=O) groups is 1. The van der Waals surface area contributed by atoms with E-state index in [0.717, 1.165) is 33.1 Å². The molecule has 6 aromatic rings. The molecule has 0 aliphatic rings. The van der Waals surface area contributed by atoms with Gasteiger partial charge in [-0.1, -0.05) is 77.4 Å². The molecule has 2 aromatic heterocycles. The number of rotatable bonds is 6. The highest BCUT2D eigenvalue weighted by Crippen LogP contribution is 2.30. The molecule has 0 amide bonds. The fraction of sp³-hybridized carbons (Fsp3) is 0.0333. The van der Waals surface area contributed by atoms with Gasteiger partial charge in [0, 0.05) is 32.9 Å². The zero-order chi connectivity index (χ0) is 26.2. The van der Waals surface area contributed by atoms with Gasteiger partial charge >= 0.3 is 5.63 Å². The maximum atomic E-state index is 13.3. The summed E-state index contributed by atoms with van der Waals surface area (Å²) in [4.78, 5) is 30.8. The molecule has 0 unspecified atom stereocenters. The fourth-order valence-electron chi connectivity index (χ4n) is 4.29. The molecule has 0 saturated carbocycles. The molecular formula is C30H18Cl2N2O3S. The Morgan fingerprint density at radius 3 is 2.34 bits per heavy atom. The minimum Gasteiger partial charge on any atom is -0.422 e. The summed E-state index contributed by atoms with van der Waals surface area (Å²) in [6.45, 7) is 0. The van der Waals surface area contributed by atoms with Crippen molar-refractivity contribution in [3.63, 3.8) is 0 Å². The van der Waals surface area contributed by atoms with Crippen molar-refractivity contribution in [3.05, 3.63) is 123 Å². The summed E-state index contributed by atoms with van der Waals surface area (Å²) < 4.78 is 7.42. The van der Waals surface area contributed by atoms with Crippen LogP contribution in [0, 0.1) is 0 Å². The quantitative estimate of drug-likeness (QED) is 0.0897. The smallest absolute Gasteiger partial charge is 0.347 e. The van der Waals surface area contributed by atoms with Crippen LogP contribution in [0.25, 0.3) is 38.7 Å². The number of hydrogen-bond donors (Lipinski definition) is 0.